The molecule has 7 nitrogen and oxygen atoms in total. The number of H-pyrrole nitrogens is 1. The summed E-state index contributed by atoms with van der Waals surface area (Å²) in [6.45, 7) is 5.94. The second-order valence-electron chi connectivity index (χ2n) is 8.46. The number of carbonyl (C=O) groups is 1. The van der Waals surface area contributed by atoms with E-state index in [1.807, 2.05) is 74.5 Å². The van der Waals surface area contributed by atoms with Gasteiger partial charge in [0, 0.05) is 47.8 Å². The summed E-state index contributed by atoms with van der Waals surface area (Å²) in [5.74, 6) is 2.49. The molecule has 0 amide bonds. The van der Waals surface area contributed by atoms with Crippen molar-refractivity contribution in [2.75, 3.05) is 23.3 Å². The van der Waals surface area contributed by atoms with Crippen LogP contribution in [0.5, 0.6) is 0 Å². The first-order chi connectivity index (χ1) is 16.5. The first-order valence-electron chi connectivity index (χ1n) is 11.3. The largest absolute Gasteiger partial charge is 0.356 e. The highest BCUT2D eigenvalue weighted by Gasteiger charge is 2.18. The predicted molar refractivity (Wildman–Crippen MR) is 135 cm³/mol. The van der Waals surface area contributed by atoms with E-state index >= 15 is 0 Å². The number of anilines is 3. The third-order valence-electron chi connectivity index (χ3n) is 5.78. The fourth-order valence-electron chi connectivity index (χ4n) is 3.79. The van der Waals surface area contributed by atoms with Crippen molar-refractivity contribution in [2.45, 2.75) is 36.7 Å². The van der Waals surface area contributed by atoms with Crippen LogP contribution in [0, 0.1) is 13.8 Å². The number of carbonyl (C=O) groups excluding carboxylic acids is 1. The molecule has 0 bridgehead atoms. The summed E-state index contributed by atoms with van der Waals surface area (Å²) in [5.41, 5.74) is 3.76. The molecule has 5 rings (SSSR count). The van der Waals surface area contributed by atoms with Gasteiger partial charge in [0.2, 0.25) is 0 Å². The van der Waals surface area contributed by atoms with Crippen LogP contribution in [-0.4, -0.2) is 39.0 Å². The summed E-state index contributed by atoms with van der Waals surface area (Å²) < 4.78 is 0. The highest BCUT2D eigenvalue weighted by Crippen LogP contribution is 2.30. The number of aromatic amines is 1. The van der Waals surface area contributed by atoms with Gasteiger partial charge in [-0.05, 0) is 55.3 Å². The Labute approximate surface area is 203 Å². The Morgan fingerprint density at radius 2 is 1.82 bits per heavy atom. The Morgan fingerprint density at radius 3 is 2.50 bits per heavy atom. The second kappa shape index (κ2) is 9.69. The monoisotopic (exact) mass is 470 g/mol. The summed E-state index contributed by atoms with van der Waals surface area (Å²) in [6, 6.07) is 19.7. The number of aryl methyl sites for hydroxylation is 2. The smallest absolute Gasteiger partial charge is 0.196 e. The Bertz CT molecular complexity index is 1310. The van der Waals surface area contributed by atoms with E-state index in [-0.39, 0.29) is 5.78 Å². The highest BCUT2D eigenvalue weighted by atomic mass is 32.2. The minimum absolute atomic E-state index is 0.133. The fourth-order valence-corrected chi connectivity index (χ4v) is 4.56. The number of hydrogen-bond donors (Lipinski definition) is 2. The molecule has 1 fully saturated rings. The van der Waals surface area contributed by atoms with Gasteiger partial charge in [-0.1, -0.05) is 36.4 Å². The lowest BCUT2D eigenvalue weighted by Gasteiger charge is -2.32. The van der Waals surface area contributed by atoms with E-state index in [0.29, 0.717) is 17.4 Å². The van der Waals surface area contributed by atoms with E-state index in [1.165, 1.54) is 18.2 Å². The number of hydrogen-bond acceptors (Lipinski definition) is 7. The summed E-state index contributed by atoms with van der Waals surface area (Å²) in [5, 5.41) is 11.1. The van der Waals surface area contributed by atoms with Gasteiger partial charge in [-0.3, -0.25) is 9.89 Å². The molecule has 8 heteroatoms. The van der Waals surface area contributed by atoms with Crippen LogP contribution in [-0.2, 0) is 6.42 Å². The molecule has 1 aliphatic rings. The van der Waals surface area contributed by atoms with Crippen LogP contribution in [0.25, 0.3) is 0 Å². The van der Waals surface area contributed by atoms with E-state index in [0.717, 1.165) is 52.0 Å². The number of benzene rings is 2. The Balaban J connectivity index is 1.31. The van der Waals surface area contributed by atoms with Gasteiger partial charge in [-0.25, -0.2) is 9.97 Å². The van der Waals surface area contributed by atoms with E-state index in [4.69, 9.17) is 9.97 Å². The molecule has 0 atom stereocenters. The molecule has 0 radical (unpaired) electrons. The van der Waals surface area contributed by atoms with Crippen molar-refractivity contribution < 1.29 is 4.79 Å². The highest BCUT2D eigenvalue weighted by molar-refractivity contribution is 7.99. The summed E-state index contributed by atoms with van der Waals surface area (Å²) in [7, 11) is 0. The lowest BCUT2D eigenvalue weighted by Crippen LogP contribution is -2.37. The maximum absolute atomic E-state index is 12.7. The summed E-state index contributed by atoms with van der Waals surface area (Å²) in [6.07, 6.45) is 1.56. The Hall–Kier alpha value is -3.65. The minimum Gasteiger partial charge on any atom is -0.356 e. The van der Waals surface area contributed by atoms with Gasteiger partial charge >= 0.3 is 0 Å². The molecule has 2 N–H and O–H groups in total. The first-order valence-corrected chi connectivity index (χ1v) is 12.1. The Morgan fingerprint density at radius 1 is 1.03 bits per heavy atom. The molecule has 0 spiro atoms. The number of rotatable bonds is 8. The van der Waals surface area contributed by atoms with E-state index in [1.54, 1.807) is 0 Å². The lowest BCUT2D eigenvalue weighted by molar-refractivity contribution is 0.0992. The molecule has 34 heavy (non-hydrogen) atoms. The molecule has 1 saturated heterocycles. The van der Waals surface area contributed by atoms with Crippen LogP contribution in [0.4, 0.5) is 17.5 Å². The van der Waals surface area contributed by atoms with Crippen molar-refractivity contribution in [1.29, 1.82) is 0 Å². The predicted octanol–water partition coefficient (Wildman–Crippen LogP) is 5.35. The SMILES string of the molecule is Cc1cc(Nc2cc(N3CCC3)nc(Sc3ccc(CC(=O)c4ccccc4C)cc3)n2)n[nH]1. The quantitative estimate of drug-likeness (QED) is 0.265. The summed E-state index contributed by atoms with van der Waals surface area (Å²) in [4.78, 5) is 25.4. The molecule has 3 heterocycles. The van der Waals surface area contributed by atoms with Crippen LogP contribution >= 0.6 is 11.8 Å². The zero-order chi connectivity index (χ0) is 23.5. The molecular formula is C26H26N6OS. The summed E-state index contributed by atoms with van der Waals surface area (Å²) >= 11 is 1.51. The number of aromatic nitrogens is 4. The fraction of sp³-hybridized carbons (Fsp3) is 0.231. The number of Topliss-reactive ketones (excluding diaryl/α,β-unsaturated/α-hetero) is 1. The third-order valence-corrected chi connectivity index (χ3v) is 6.65. The Kier molecular flexibility index (Phi) is 6.31. The van der Waals surface area contributed by atoms with Crippen LogP contribution in [0.1, 0.15) is 33.6 Å². The van der Waals surface area contributed by atoms with Crippen LogP contribution in [0.2, 0.25) is 0 Å². The third kappa shape index (κ3) is 5.12. The molecule has 2 aromatic carbocycles. The van der Waals surface area contributed by atoms with Crippen LogP contribution in [0.15, 0.2) is 70.7 Å². The van der Waals surface area contributed by atoms with Gasteiger partial charge in [0.15, 0.2) is 16.8 Å². The van der Waals surface area contributed by atoms with Crippen molar-refractivity contribution in [2.24, 2.45) is 0 Å². The first kappa shape index (κ1) is 22.2. The number of ketones is 1. The van der Waals surface area contributed by atoms with Gasteiger partial charge in [-0.15, -0.1) is 0 Å². The zero-order valence-corrected chi connectivity index (χ0v) is 20.0. The van der Waals surface area contributed by atoms with Crippen LogP contribution in [0.3, 0.4) is 0 Å². The maximum Gasteiger partial charge on any atom is 0.196 e. The molecule has 0 aliphatic carbocycles. The van der Waals surface area contributed by atoms with E-state index in [2.05, 4.69) is 20.4 Å². The van der Waals surface area contributed by atoms with E-state index in [9.17, 15) is 4.79 Å². The number of nitrogens with zero attached hydrogens (tertiary/aromatic N) is 4. The van der Waals surface area contributed by atoms with Crippen molar-refractivity contribution in [3.63, 3.8) is 0 Å². The van der Waals surface area contributed by atoms with Gasteiger partial charge in [0.25, 0.3) is 0 Å². The normalized spacial score (nSPS) is 12.9. The maximum atomic E-state index is 12.7. The van der Waals surface area contributed by atoms with Crippen LogP contribution < -0.4 is 10.2 Å². The minimum atomic E-state index is 0.133. The van der Waals surface area contributed by atoms with Crippen molar-refractivity contribution >= 4 is 35.0 Å². The molecule has 172 valence electrons. The lowest BCUT2D eigenvalue weighted by atomic mass is 9.99. The topological polar surface area (TPSA) is 86.8 Å². The molecular weight excluding hydrogens is 444 g/mol. The molecule has 1 aliphatic heterocycles. The van der Waals surface area contributed by atoms with Gasteiger partial charge in [-0.2, -0.15) is 5.10 Å². The molecule has 0 unspecified atom stereocenters. The average molecular weight is 471 g/mol. The molecule has 2 aromatic heterocycles. The van der Waals surface area contributed by atoms with E-state index < -0.39 is 0 Å². The van der Waals surface area contributed by atoms with Gasteiger partial charge < -0.3 is 10.2 Å². The van der Waals surface area contributed by atoms with Crippen molar-refractivity contribution in [3.8, 4) is 0 Å². The van der Waals surface area contributed by atoms with Crippen molar-refractivity contribution in [1.82, 2.24) is 20.2 Å². The number of nitrogens with one attached hydrogen (secondary N) is 2. The second-order valence-corrected chi connectivity index (χ2v) is 9.50. The standard InChI is InChI=1S/C26H26N6OS/c1-17-6-3-4-7-21(17)22(33)15-19-8-10-20(11-9-19)34-26-28-23(27-24-14-18(2)30-31-24)16-25(29-26)32-12-5-13-32/h3-4,6-11,14,16H,5,12-13,15H2,1-2H3,(H2,27,28,29,30,31). The molecule has 0 saturated carbocycles. The van der Waals surface area contributed by atoms with Gasteiger partial charge in [0.1, 0.15) is 11.6 Å². The average Bonchev–Trinajstić information content (AvgIpc) is 3.18. The van der Waals surface area contributed by atoms with Gasteiger partial charge in [0.05, 0.1) is 0 Å². The van der Waals surface area contributed by atoms with Crippen molar-refractivity contribution in [3.05, 3.63) is 83.0 Å². The molecule has 4 aromatic rings. The zero-order valence-electron chi connectivity index (χ0n) is 19.2.